The highest BCUT2D eigenvalue weighted by Crippen LogP contribution is 2.20. The minimum absolute atomic E-state index is 0.344. The molecule has 0 aliphatic heterocycles. The first kappa shape index (κ1) is 24.3. The molecule has 0 bridgehead atoms. The molecule has 0 radical (unpaired) electrons. The van der Waals surface area contributed by atoms with Crippen LogP contribution in [0, 0.1) is 11.6 Å². The van der Waals surface area contributed by atoms with E-state index in [1.807, 2.05) is 6.92 Å². The molecule has 5 nitrogen and oxygen atoms in total. The van der Waals surface area contributed by atoms with E-state index in [-0.39, 0.29) is 11.6 Å². The molecule has 2 aromatic rings. The van der Waals surface area contributed by atoms with Crippen LogP contribution in [0.2, 0.25) is 0 Å². The summed E-state index contributed by atoms with van der Waals surface area (Å²) in [4.78, 5) is 24.8. The maximum absolute atomic E-state index is 13.3. The van der Waals surface area contributed by atoms with Crippen LogP contribution >= 0.6 is 0 Å². The third-order valence-corrected chi connectivity index (χ3v) is 4.57. The summed E-state index contributed by atoms with van der Waals surface area (Å²) in [6.45, 7) is 8.63. The Bertz CT molecular complexity index is 843. The van der Waals surface area contributed by atoms with Gasteiger partial charge in [0, 0.05) is 5.54 Å². The van der Waals surface area contributed by atoms with Gasteiger partial charge in [0.05, 0.1) is 0 Å². The van der Waals surface area contributed by atoms with Crippen LogP contribution in [0.3, 0.4) is 0 Å². The fraction of sp³-hybridized carbons (Fsp3) is 0.417. The normalized spacial score (nSPS) is 12.7. The second kappa shape index (κ2) is 9.90. The number of nitrogens with one attached hydrogen (secondary N) is 2. The van der Waals surface area contributed by atoms with E-state index in [4.69, 9.17) is 4.74 Å². The fourth-order valence-electron chi connectivity index (χ4n) is 3.21. The maximum atomic E-state index is 13.3. The fourth-order valence-corrected chi connectivity index (χ4v) is 3.21. The second-order valence-electron chi connectivity index (χ2n) is 9.02. The average Bonchev–Trinajstić information content (AvgIpc) is 2.63. The summed E-state index contributed by atoms with van der Waals surface area (Å²) in [5.41, 5.74) is 0.217. The molecule has 0 fully saturated rings. The molecule has 0 unspecified atom stereocenters. The van der Waals surface area contributed by atoms with Crippen molar-refractivity contribution in [3.8, 4) is 0 Å². The van der Waals surface area contributed by atoms with Crippen molar-refractivity contribution in [3.05, 3.63) is 71.3 Å². The molecular formula is C24H30F2N2O3. The molecule has 2 N–H and O–H groups in total. The monoisotopic (exact) mass is 432 g/mol. The van der Waals surface area contributed by atoms with Crippen LogP contribution in [0.1, 0.15) is 45.7 Å². The topological polar surface area (TPSA) is 67.4 Å². The summed E-state index contributed by atoms with van der Waals surface area (Å²) < 4.78 is 31.8. The van der Waals surface area contributed by atoms with Gasteiger partial charge in [-0.3, -0.25) is 4.79 Å². The largest absolute Gasteiger partial charge is 0.444 e. The lowest BCUT2D eigenvalue weighted by atomic mass is 9.86. The minimum atomic E-state index is -0.837. The van der Waals surface area contributed by atoms with E-state index in [1.54, 1.807) is 52.0 Å². The summed E-state index contributed by atoms with van der Waals surface area (Å²) in [5.74, 6) is -1.08. The quantitative estimate of drug-likeness (QED) is 0.675. The number of carbonyl (C=O) groups is 2. The zero-order valence-corrected chi connectivity index (χ0v) is 18.6. The lowest BCUT2D eigenvalue weighted by Gasteiger charge is -2.33. The van der Waals surface area contributed by atoms with Gasteiger partial charge < -0.3 is 15.4 Å². The zero-order chi connectivity index (χ0) is 23.2. The SMILES string of the molecule is C[C@H](NC(=O)OC(C)(C)C)C(=O)NC(C)(Cc1ccc(F)cc1)Cc1ccc(F)cc1. The third kappa shape index (κ3) is 8.36. The number of hydrogen-bond acceptors (Lipinski definition) is 3. The number of rotatable bonds is 7. The summed E-state index contributed by atoms with van der Waals surface area (Å²) in [6, 6.07) is 11.3. The molecule has 1 atom stereocenters. The second-order valence-corrected chi connectivity index (χ2v) is 9.02. The van der Waals surface area contributed by atoms with E-state index in [9.17, 15) is 18.4 Å². The molecular weight excluding hydrogens is 402 g/mol. The Morgan fingerprint density at radius 1 is 0.871 bits per heavy atom. The highest BCUT2D eigenvalue weighted by molar-refractivity contribution is 5.85. The van der Waals surface area contributed by atoms with Crippen LogP contribution < -0.4 is 10.6 Å². The van der Waals surface area contributed by atoms with E-state index in [1.165, 1.54) is 24.3 Å². The summed E-state index contributed by atoms with van der Waals surface area (Å²) in [6.07, 6.45) is 0.138. The Morgan fingerprint density at radius 3 is 1.68 bits per heavy atom. The standard InChI is InChI=1S/C24H30F2N2O3/c1-16(27-22(30)31-23(2,3)4)21(29)28-24(5,14-17-6-10-19(25)11-7-17)15-18-8-12-20(26)13-9-18/h6-13,16H,14-15H2,1-5H3,(H,27,30)(H,28,29)/t16-/m0/s1. The smallest absolute Gasteiger partial charge is 0.408 e. The van der Waals surface area contributed by atoms with Crippen LogP contribution in [0.25, 0.3) is 0 Å². The van der Waals surface area contributed by atoms with E-state index >= 15 is 0 Å². The molecule has 2 rings (SSSR count). The Morgan fingerprint density at radius 2 is 1.29 bits per heavy atom. The van der Waals surface area contributed by atoms with E-state index < -0.39 is 29.2 Å². The molecule has 0 aromatic heterocycles. The van der Waals surface area contributed by atoms with Crippen molar-refractivity contribution in [2.45, 2.75) is 64.6 Å². The van der Waals surface area contributed by atoms with Crippen molar-refractivity contribution < 1.29 is 23.1 Å². The van der Waals surface area contributed by atoms with Crippen LogP contribution in [-0.2, 0) is 22.4 Å². The first-order valence-electron chi connectivity index (χ1n) is 10.2. The number of amides is 2. The molecule has 168 valence electrons. The Kier molecular flexibility index (Phi) is 7.76. The van der Waals surface area contributed by atoms with Gasteiger partial charge in [-0.1, -0.05) is 24.3 Å². The lowest BCUT2D eigenvalue weighted by Crippen LogP contribution is -2.55. The molecule has 0 aliphatic rings. The maximum Gasteiger partial charge on any atom is 0.408 e. The number of halogens is 2. The number of alkyl carbamates (subject to hydrolysis) is 1. The van der Waals surface area contributed by atoms with Crippen LogP contribution in [0.15, 0.2) is 48.5 Å². The van der Waals surface area contributed by atoms with Gasteiger partial charge in [0.2, 0.25) is 5.91 Å². The van der Waals surface area contributed by atoms with Crippen molar-refractivity contribution in [1.82, 2.24) is 10.6 Å². The molecule has 0 saturated heterocycles. The first-order chi connectivity index (χ1) is 14.3. The van der Waals surface area contributed by atoms with Gasteiger partial charge in [0.25, 0.3) is 0 Å². The molecule has 31 heavy (non-hydrogen) atoms. The Balaban J connectivity index is 2.16. The molecule has 2 amide bonds. The predicted octanol–water partition coefficient (Wildman–Crippen LogP) is 4.54. The van der Waals surface area contributed by atoms with E-state index in [0.717, 1.165) is 11.1 Å². The van der Waals surface area contributed by atoms with Crippen molar-refractivity contribution in [2.75, 3.05) is 0 Å². The average molecular weight is 433 g/mol. The van der Waals surface area contributed by atoms with Gasteiger partial charge in [0.1, 0.15) is 23.3 Å². The van der Waals surface area contributed by atoms with Crippen molar-refractivity contribution in [2.24, 2.45) is 0 Å². The van der Waals surface area contributed by atoms with Gasteiger partial charge in [-0.25, -0.2) is 13.6 Å². The number of ether oxygens (including phenoxy) is 1. The third-order valence-electron chi connectivity index (χ3n) is 4.57. The predicted molar refractivity (Wildman–Crippen MR) is 116 cm³/mol. The minimum Gasteiger partial charge on any atom is -0.444 e. The molecule has 0 spiro atoms. The van der Waals surface area contributed by atoms with E-state index in [0.29, 0.717) is 12.8 Å². The van der Waals surface area contributed by atoms with Crippen molar-refractivity contribution in [1.29, 1.82) is 0 Å². The van der Waals surface area contributed by atoms with Crippen LogP contribution in [0.4, 0.5) is 13.6 Å². The van der Waals surface area contributed by atoms with Gasteiger partial charge in [-0.15, -0.1) is 0 Å². The highest BCUT2D eigenvalue weighted by Gasteiger charge is 2.30. The number of benzene rings is 2. The van der Waals surface area contributed by atoms with Gasteiger partial charge in [-0.05, 0) is 82.9 Å². The molecule has 7 heteroatoms. The molecule has 2 aromatic carbocycles. The van der Waals surface area contributed by atoms with Crippen molar-refractivity contribution >= 4 is 12.0 Å². The van der Waals surface area contributed by atoms with Gasteiger partial charge >= 0.3 is 6.09 Å². The Hall–Kier alpha value is -2.96. The summed E-state index contributed by atoms with van der Waals surface area (Å²) in [5, 5.41) is 5.52. The van der Waals surface area contributed by atoms with Crippen LogP contribution in [-0.4, -0.2) is 29.2 Å². The summed E-state index contributed by atoms with van der Waals surface area (Å²) in [7, 11) is 0. The number of carbonyl (C=O) groups excluding carboxylic acids is 2. The van der Waals surface area contributed by atoms with E-state index in [2.05, 4.69) is 10.6 Å². The van der Waals surface area contributed by atoms with Crippen molar-refractivity contribution in [3.63, 3.8) is 0 Å². The lowest BCUT2D eigenvalue weighted by molar-refractivity contribution is -0.124. The molecule has 0 heterocycles. The zero-order valence-electron chi connectivity index (χ0n) is 18.6. The summed E-state index contributed by atoms with van der Waals surface area (Å²) >= 11 is 0. The Labute approximate surface area is 182 Å². The number of hydrogen-bond donors (Lipinski definition) is 2. The van der Waals surface area contributed by atoms with Gasteiger partial charge in [-0.2, -0.15) is 0 Å². The molecule has 0 aliphatic carbocycles. The van der Waals surface area contributed by atoms with Crippen LogP contribution in [0.5, 0.6) is 0 Å². The molecule has 0 saturated carbocycles. The highest BCUT2D eigenvalue weighted by atomic mass is 19.1. The van der Waals surface area contributed by atoms with Gasteiger partial charge in [0.15, 0.2) is 0 Å². The first-order valence-corrected chi connectivity index (χ1v) is 10.2.